The van der Waals surface area contributed by atoms with E-state index in [9.17, 15) is 4.79 Å². The number of thiazole rings is 1. The van der Waals surface area contributed by atoms with E-state index in [-0.39, 0.29) is 0 Å². The molecule has 0 aromatic carbocycles. The van der Waals surface area contributed by atoms with Crippen molar-refractivity contribution in [1.82, 2.24) is 4.98 Å². The number of carboxylic acids is 1. The van der Waals surface area contributed by atoms with Gasteiger partial charge in [-0.2, -0.15) is 0 Å². The van der Waals surface area contributed by atoms with Crippen LogP contribution in [0.25, 0.3) is 0 Å². The number of aromatic nitrogens is 1. The van der Waals surface area contributed by atoms with E-state index in [1.165, 1.54) is 11.3 Å². The van der Waals surface area contributed by atoms with E-state index in [2.05, 4.69) is 18.8 Å². The number of nitrogens with zero attached hydrogens (tertiary/aromatic N) is 1. The first kappa shape index (κ1) is 11.5. The summed E-state index contributed by atoms with van der Waals surface area (Å²) in [6, 6.07) is 0. The van der Waals surface area contributed by atoms with Crippen molar-refractivity contribution < 1.29 is 9.90 Å². The minimum Gasteiger partial charge on any atom is -0.477 e. The second kappa shape index (κ2) is 4.79. The monoisotopic (exact) mass is 231 g/mol. The van der Waals surface area contributed by atoms with Crippen molar-refractivity contribution in [3.8, 4) is 0 Å². The van der Waals surface area contributed by atoms with Crippen LogP contribution in [0.3, 0.4) is 0 Å². The van der Waals surface area contributed by atoms with Crippen molar-refractivity contribution in [2.75, 3.05) is 0 Å². The number of rotatable bonds is 4. The number of aromatic carboxylic acids is 1. The fraction of sp³-hybridized carbons (Fsp3) is 0.556. The largest absolute Gasteiger partial charge is 0.477 e. The molecule has 0 aliphatic carbocycles. The lowest BCUT2D eigenvalue weighted by molar-refractivity contribution is 0.0701. The Morgan fingerprint density at radius 2 is 2.36 bits per heavy atom. The molecular weight excluding hydrogens is 218 g/mol. The summed E-state index contributed by atoms with van der Waals surface area (Å²) >= 11 is 2.90. The average Bonchev–Trinajstić information content (AvgIpc) is 2.46. The molecule has 5 heteroatoms. The van der Waals surface area contributed by atoms with Crippen LogP contribution in [0.5, 0.6) is 0 Å². The van der Waals surface area contributed by atoms with Crippen molar-refractivity contribution in [3.63, 3.8) is 0 Å². The Morgan fingerprint density at radius 1 is 1.71 bits per heavy atom. The lowest BCUT2D eigenvalue weighted by atomic mass is 10.4. The van der Waals surface area contributed by atoms with E-state index in [0.29, 0.717) is 15.8 Å². The molecule has 0 aliphatic rings. The predicted octanol–water partition coefficient (Wildman–Crippen LogP) is 3.04. The maximum absolute atomic E-state index is 10.8. The maximum Gasteiger partial charge on any atom is 0.347 e. The topological polar surface area (TPSA) is 50.2 Å². The van der Waals surface area contributed by atoms with Crippen LogP contribution in [0.1, 0.15) is 35.6 Å². The lowest BCUT2D eigenvalue weighted by Gasteiger charge is -2.02. The molecule has 1 aromatic rings. The second-order valence-electron chi connectivity index (χ2n) is 3.04. The van der Waals surface area contributed by atoms with Gasteiger partial charge in [-0.3, -0.25) is 0 Å². The molecule has 1 heterocycles. The standard InChI is InChI=1S/C9H13NO2S2/c1-4-5(2)13-9-10-6(3)7(14-9)8(11)12/h5H,4H2,1-3H3,(H,11,12). The van der Waals surface area contributed by atoms with Crippen LogP contribution in [0.15, 0.2) is 4.34 Å². The Kier molecular flexibility index (Phi) is 3.95. The Labute approximate surface area is 91.6 Å². The molecule has 0 spiro atoms. The quantitative estimate of drug-likeness (QED) is 0.809. The van der Waals surface area contributed by atoms with Gasteiger partial charge in [-0.1, -0.05) is 25.6 Å². The highest BCUT2D eigenvalue weighted by molar-refractivity contribution is 8.01. The molecule has 1 atom stereocenters. The Bertz CT molecular complexity index is 336. The molecule has 1 unspecified atom stereocenters. The number of aryl methyl sites for hydroxylation is 1. The number of carboxylic acid groups (broad SMARTS) is 1. The zero-order valence-corrected chi connectivity index (χ0v) is 10.0. The molecule has 0 aliphatic heterocycles. The van der Waals surface area contributed by atoms with Crippen LogP contribution >= 0.6 is 23.1 Å². The summed E-state index contributed by atoms with van der Waals surface area (Å²) < 4.78 is 0.856. The Hall–Kier alpha value is -0.550. The Morgan fingerprint density at radius 3 is 2.79 bits per heavy atom. The van der Waals surface area contributed by atoms with Gasteiger partial charge in [0.15, 0.2) is 4.34 Å². The third-order valence-electron chi connectivity index (χ3n) is 1.85. The molecule has 0 bridgehead atoms. The molecule has 78 valence electrons. The summed E-state index contributed by atoms with van der Waals surface area (Å²) in [4.78, 5) is 15.3. The van der Waals surface area contributed by atoms with E-state index in [4.69, 9.17) is 5.11 Å². The Balaban J connectivity index is 2.81. The zero-order chi connectivity index (χ0) is 10.7. The number of hydrogen-bond donors (Lipinski definition) is 1. The van der Waals surface area contributed by atoms with Gasteiger partial charge >= 0.3 is 5.97 Å². The summed E-state index contributed by atoms with van der Waals surface area (Å²) in [7, 11) is 0. The molecule has 1 rings (SSSR count). The van der Waals surface area contributed by atoms with Crippen LogP contribution in [-0.4, -0.2) is 21.3 Å². The van der Waals surface area contributed by atoms with Gasteiger partial charge in [-0.25, -0.2) is 9.78 Å². The summed E-state index contributed by atoms with van der Waals surface area (Å²) in [5, 5.41) is 9.32. The van der Waals surface area contributed by atoms with Crippen molar-refractivity contribution in [1.29, 1.82) is 0 Å². The highest BCUT2D eigenvalue weighted by atomic mass is 32.2. The van der Waals surface area contributed by atoms with E-state index < -0.39 is 5.97 Å². The molecule has 1 N–H and O–H groups in total. The van der Waals surface area contributed by atoms with E-state index in [1.54, 1.807) is 18.7 Å². The van der Waals surface area contributed by atoms with E-state index in [0.717, 1.165) is 10.8 Å². The minimum absolute atomic E-state index is 0.357. The molecule has 3 nitrogen and oxygen atoms in total. The zero-order valence-electron chi connectivity index (χ0n) is 8.40. The third kappa shape index (κ3) is 2.72. The summed E-state index contributed by atoms with van der Waals surface area (Å²) in [5.74, 6) is -0.879. The van der Waals surface area contributed by atoms with Crippen molar-refractivity contribution >= 4 is 29.1 Å². The first-order valence-corrected chi connectivity index (χ1v) is 6.11. The highest BCUT2D eigenvalue weighted by Crippen LogP contribution is 2.30. The number of thioether (sulfide) groups is 1. The maximum atomic E-state index is 10.8. The molecule has 1 aromatic heterocycles. The first-order chi connectivity index (χ1) is 6.54. The second-order valence-corrected chi connectivity index (χ2v) is 5.72. The van der Waals surface area contributed by atoms with Crippen molar-refractivity contribution in [2.45, 2.75) is 36.8 Å². The van der Waals surface area contributed by atoms with Crippen molar-refractivity contribution in [3.05, 3.63) is 10.6 Å². The number of hydrogen-bond acceptors (Lipinski definition) is 4. The van der Waals surface area contributed by atoms with E-state index >= 15 is 0 Å². The van der Waals surface area contributed by atoms with Crippen LogP contribution in [-0.2, 0) is 0 Å². The molecule has 0 amide bonds. The van der Waals surface area contributed by atoms with Gasteiger partial charge in [0.2, 0.25) is 0 Å². The van der Waals surface area contributed by atoms with Gasteiger partial charge in [0.1, 0.15) is 4.88 Å². The van der Waals surface area contributed by atoms with Gasteiger partial charge in [0, 0.05) is 5.25 Å². The van der Waals surface area contributed by atoms with Gasteiger partial charge in [-0.15, -0.1) is 11.3 Å². The van der Waals surface area contributed by atoms with Crippen molar-refractivity contribution in [2.24, 2.45) is 0 Å². The van der Waals surface area contributed by atoms with Crippen LogP contribution < -0.4 is 0 Å². The summed E-state index contributed by atoms with van der Waals surface area (Å²) in [6.45, 7) is 5.96. The predicted molar refractivity (Wildman–Crippen MR) is 59.4 cm³/mol. The van der Waals surface area contributed by atoms with Gasteiger partial charge in [-0.05, 0) is 13.3 Å². The van der Waals surface area contributed by atoms with Gasteiger partial charge < -0.3 is 5.11 Å². The van der Waals surface area contributed by atoms with Crippen LogP contribution in [0.4, 0.5) is 0 Å². The minimum atomic E-state index is -0.879. The molecule has 0 radical (unpaired) electrons. The summed E-state index contributed by atoms with van der Waals surface area (Å²) in [5.41, 5.74) is 0.619. The fourth-order valence-corrected chi connectivity index (χ4v) is 3.15. The molecule has 0 saturated carbocycles. The lowest BCUT2D eigenvalue weighted by Crippen LogP contribution is -1.94. The third-order valence-corrected chi connectivity index (χ3v) is 4.36. The fourth-order valence-electron chi connectivity index (χ4n) is 0.876. The SMILES string of the molecule is CCC(C)Sc1nc(C)c(C(=O)O)s1. The first-order valence-electron chi connectivity index (χ1n) is 4.42. The smallest absolute Gasteiger partial charge is 0.347 e. The molecule has 0 fully saturated rings. The summed E-state index contributed by atoms with van der Waals surface area (Å²) in [6.07, 6.45) is 1.06. The van der Waals surface area contributed by atoms with Crippen LogP contribution in [0.2, 0.25) is 0 Å². The van der Waals surface area contributed by atoms with Gasteiger partial charge in [0.05, 0.1) is 5.69 Å². The van der Waals surface area contributed by atoms with Crippen LogP contribution in [0, 0.1) is 6.92 Å². The van der Waals surface area contributed by atoms with E-state index in [1.807, 2.05) is 0 Å². The van der Waals surface area contributed by atoms with Gasteiger partial charge in [0.25, 0.3) is 0 Å². The number of carbonyl (C=O) groups is 1. The normalized spacial score (nSPS) is 12.8. The molecule has 14 heavy (non-hydrogen) atoms. The molecular formula is C9H13NO2S2. The average molecular weight is 231 g/mol. The molecule has 0 saturated heterocycles. The highest BCUT2D eigenvalue weighted by Gasteiger charge is 2.15.